The smallest absolute Gasteiger partial charge is 0.300 e. The summed E-state index contributed by atoms with van der Waals surface area (Å²) in [6.45, 7) is 5.34. The van der Waals surface area contributed by atoms with Crippen molar-refractivity contribution in [2.24, 2.45) is 0 Å². The van der Waals surface area contributed by atoms with E-state index in [0.29, 0.717) is 0 Å². The summed E-state index contributed by atoms with van der Waals surface area (Å²) >= 11 is 0. The number of aliphatic carboxylic acids is 1. The van der Waals surface area contributed by atoms with Gasteiger partial charge in [-0.25, -0.2) is 0 Å². The summed E-state index contributed by atoms with van der Waals surface area (Å²) < 4.78 is 0. The van der Waals surface area contributed by atoms with E-state index >= 15 is 0 Å². The third-order valence-corrected chi connectivity index (χ3v) is 1.45. The maximum Gasteiger partial charge on any atom is 0.300 e. The number of nitrogens with one attached hydrogen (secondary N) is 1. The second-order valence-corrected chi connectivity index (χ2v) is 2.50. The summed E-state index contributed by atoms with van der Waals surface area (Å²) in [5, 5.41) is 7.42. The van der Waals surface area contributed by atoms with Gasteiger partial charge in [-0.3, -0.25) is 4.79 Å². The summed E-state index contributed by atoms with van der Waals surface area (Å²) in [6, 6.07) is 2.12. The summed E-state index contributed by atoms with van der Waals surface area (Å²) in [5.41, 5.74) is 2.72. The molecule has 0 spiro atoms. The van der Waals surface area contributed by atoms with Crippen molar-refractivity contribution in [1.29, 1.82) is 0 Å². The average Bonchev–Trinajstić information content (AvgIpc) is 2.33. The SMILES string of the molecule is CC(=O)O.CCc1cc[nH]c1C. The Morgan fingerprint density at radius 3 is 2.33 bits per heavy atom. The highest BCUT2D eigenvalue weighted by Crippen LogP contribution is 2.03. The second kappa shape index (κ2) is 5.41. The van der Waals surface area contributed by atoms with Gasteiger partial charge < -0.3 is 10.1 Å². The Bertz CT molecular complexity index is 236. The number of hydrogen-bond acceptors (Lipinski definition) is 1. The second-order valence-electron chi connectivity index (χ2n) is 2.50. The van der Waals surface area contributed by atoms with Crippen molar-refractivity contribution in [3.05, 3.63) is 23.5 Å². The molecule has 0 amide bonds. The monoisotopic (exact) mass is 169 g/mol. The number of aryl methyl sites for hydroxylation is 2. The van der Waals surface area contributed by atoms with Crippen molar-refractivity contribution in [1.82, 2.24) is 4.98 Å². The highest BCUT2D eigenvalue weighted by atomic mass is 16.4. The first-order valence-corrected chi connectivity index (χ1v) is 3.90. The molecule has 1 aromatic rings. The lowest BCUT2D eigenvalue weighted by molar-refractivity contribution is -0.134. The van der Waals surface area contributed by atoms with E-state index < -0.39 is 5.97 Å². The van der Waals surface area contributed by atoms with Crippen LogP contribution in [0.15, 0.2) is 12.3 Å². The minimum atomic E-state index is -0.833. The molecule has 0 unspecified atom stereocenters. The van der Waals surface area contributed by atoms with Crippen LogP contribution >= 0.6 is 0 Å². The number of hydrogen-bond donors (Lipinski definition) is 2. The summed E-state index contributed by atoms with van der Waals surface area (Å²) in [6.07, 6.45) is 3.11. The Hall–Kier alpha value is -1.25. The van der Waals surface area contributed by atoms with Gasteiger partial charge in [0.1, 0.15) is 0 Å². The first kappa shape index (κ1) is 10.8. The summed E-state index contributed by atoms with van der Waals surface area (Å²) in [7, 11) is 0. The van der Waals surface area contributed by atoms with E-state index in [9.17, 15) is 0 Å². The van der Waals surface area contributed by atoms with Gasteiger partial charge in [0.05, 0.1) is 0 Å². The number of aromatic nitrogens is 1. The molecule has 0 bridgehead atoms. The highest BCUT2D eigenvalue weighted by Gasteiger charge is 1.91. The van der Waals surface area contributed by atoms with Crippen LogP contribution in [0.25, 0.3) is 0 Å². The van der Waals surface area contributed by atoms with Crippen LogP contribution in [-0.2, 0) is 11.2 Å². The van der Waals surface area contributed by atoms with E-state index in [1.54, 1.807) is 0 Å². The molecule has 0 saturated carbocycles. The molecule has 0 saturated heterocycles. The van der Waals surface area contributed by atoms with E-state index in [2.05, 4.69) is 24.9 Å². The molecule has 2 N–H and O–H groups in total. The molecule has 68 valence electrons. The first-order chi connectivity index (χ1) is 5.57. The molecule has 12 heavy (non-hydrogen) atoms. The maximum absolute atomic E-state index is 9.00. The number of H-pyrrole nitrogens is 1. The van der Waals surface area contributed by atoms with Crippen LogP contribution in [0.5, 0.6) is 0 Å². The topological polar surface area (TPSA) is 53.1 Å². The lowest BCUT2D eigenvalue weighted by Crippen LogP contribution is -1.78. The van der Waals surface area contributed by atoms with Gasteiger partial charge in [-0.1, -0.05) is 6.92 Å². The Balaban J connectivity index is 0.000000261. The van der Waals surface area contributed by atoms with Gasteiger partial charge in [-0.05, 0) is 25.0 Å². The fourth-order valence-corrected chi connectivity index (χ4v) is 0.868. The van der Waals surface area contributed by atoms with Crippen molar-refractivity contribution in [3.8, 4) is 0 Å². The van der Waals surface area contributed by atoms with Crippen LogP contribution in [0.1, 0.15) is 25.1 Å². The molecule has 0 aliphatic carbocycles. The molecule has 1 heterocycles. The highest BCUT2D eigenvalue weighted by molar-refractivity contribution is 5.62. The van der Waals surface area contributed by atoms with E-state index in [-0.39, 0.29) is 0 Å². The number of carboxylic acid groups (broad SMARTS) is 1. The van der Waals surface area contributed by atoms with Crippen LogP contribution in [-0.4, -0.2) is 16.1 Å². The van der Waals surface area contributed by atoms with Gasteiger partial charge in [-0.15, -0.1) is 0 Å². The molecule has 0 aliphatic rings. The molecule has 0 atom stereocenters. The molecule has 1 aromatic heterocycles. The third-order valence-electron chi connectivity index (χ3n) is 1.45. The molecular formula is C9H15NO2. The van der Waals surface area contributed by atoms with Gasteiger partial charge in [0.25, 0.3) is 5.97 Å². The average molecular weight is 169 g/mol. The van der Waals surface area contributed by atoms with Crippen molar-refractivity contribution in [2.45, 2.75) is 27.2 Å². The summed E-state index contributed by atoms with van der Waals surface area (Å²) in [5.74, 6) is -0.833. The number of carboxylic acids is 1. The molecule has 0 fully saturated rings. The lowest BCUT2D eigenvalue weighted by Gasteiger charge is -1.88. The van der Waals surface area contributed by atoms with Crippen LogP contribution in [0, 0.1) is 6.92 Å². The standard InChI is InChI=1S/C7H11N.C2H4O2/c1-3-7-4-5-8-6(7)2;1-2(3)4/h4-5,8H,3H2,1-2H3;1H3,(H,3,4). The predicted molar refractivity (Wildman–Crippen MR) is 48.2 cm³/mol. The van der Waals surface area contributed by atoms with Gasteiger partial charge >= 0.3 is 0 Å². The largest absolute Gasteiger partial charge is 0.481 e. The van der Waals surface area contributed by atoms with Gasteiger partial charge in [0.2, 0.25) is 0 Å². The van der Waals surface area contributed by atoms with Gasteiger partial charge in [-0.2, -0.15) is 0 Å². The molecule has 3 heteroatoms. The third kappa shape index (κ3) is 4.55. The molecule has 0 aliphatic heterocycles. The predicted octanol–water partition coefficient (Wildman–Crippen LogP) is 1.98. The quantitative estimate of drug-likeness (QED) is 0.675. The minimum absolute atomic E-state index is 0.833. The number of aromatic amines is 1. The Morgan fingerprint density at radius 2 is 2.17 bits per heavy atom. The zero-order valence-electron chi connectivity index (χ0n) is 7.72. The number of rotatable bonds is 1. The Kier molecular flexibility index (Phi) is 4.84. The molecule has 1 rings (SSSR count). The number of carbonyl (C=O) groups is 1. The van der Waals surface area contributed by atoms with E-state index in [0.717, 1.165) is 13.3 Å². The van der Waals surface area contributed by atoms with E-state index in [4.69, 9.17) is 9.90 Å². The molecule has 3 nitrogen and oxygen atoms in total. The van der Waals surface area contributed by atoms with Gasteiger partial charge in [0, 0.05) is 18.8 Å². The fourth-order valence-electron chi connectivity index (χ4n) is 0.868. The van der Waals surface area contributed by atoms with Crippen molar-refractivity contribution in [2.75, 3.05) is 0 Å². The zero-order chi connectivity index (χ0) is 9.56. The normalized spacial score (nSPS) is 8.58. The van der Waals surface area contributed by atoms with E-state index in [1.807, 2.05) is 6.20 Å². The zero-order valence-corrected chi connectivity index (χ0v) is 7.72. The van der Waals surface area contributed by atoms with Gasteiger partial charge in [0.15, 0.2) is 0 Å². The summed E-state index contributed by atoms with van der Waals surface area (Å²) in [4.78, 5) is 12.1. The van der Waals surface area contributed by atoms with Crippen LogP contribution in [0.4, 0.5) is 0 Å². The molecule has 0 radical (unpaired) electrons. The minimum Gasteiger partial charge on any atom is -0.481 e. The lowest BCUT2D eigenvalue weighted by atomic mass is 10.2. The Labute approximate surface area is 72.4 Å². The maximum atomic E-state index is 9.00. The Morgan fingerprint density at radius 1 is 1.67 bits per heavy atom. The fraction of sp³-hybridized carbons (Fsp3) is 0.444. The molecule has 0 aromatic carbocycles. The van der Waals surface area contributed by atoms with Crippen LogP contribution in [0.3, 0.4) is 0 Å². The van der Waals surface area contributed by atoms with Crippen LogP contribution < -0.4 is 0 Å². The van der Waals surface area contributed by atoms with Crippen molar-refractivity contribution >= 4 is 5.97 Å². The van der Waals surface area contributed by atoms with Crippen molar-refractivity contribution in [3.63, 3.8) is 0 Å². The first-order valence-electron chi connectivity index (χ1n) is 3.90. The van der Waals surface area contributed by atoms with E-state index in [1.165, 1.54) is 11.3 Å². The van der Waals surface area contributed by atoms with Crippen LogP contribution in [0.2, 0.25) is 0 Å². The molecular weight excluding hydrogens is 154 g/mol. The van der Waals surface area contributed by atoms with Crippen molar-refractivity contribution < 1.29 is 9.90 Å².